The maximum Gasteiger partial charge on any atom is 0.514 e. The van der Waals surface area contributed by atoms with Crippen molar-refractivity contribution in [1.82, 2.24) is 9.55 Å². The highest BCUT2D eigenvalue weighted by Gasteiger charge is 2.52. The molecule has 0 amide bonds. The summed E-state index contributed by atoms with van der Waals surface area (Å²) in [6.07, 6.45) is 1.74. The molecule has 0 aromatic carbocycles. The van der Waals surface area contributed by atoms with Crippen molar-refractivity contribution in [1.29, 1.82) is 0 Å². The first-order valence-corrected chi connectivity index (χ1v) is 6.28. The minimum absolute atomic E-state index is 0.340. The Labute approximate surface area is 109 Å². The Morgan fingerprint density at radius 1 is 1.28 bits per heavy atom. The molecular weight excluding hydrogens is 231 g/mol. The first-order valence-electron chi connectivity index (χ1n) is 6.28. The van der Waals surface area contributed by atoms with Crippen molar-refractivity contribution >= 4 is 12.7 Å². The molecule has 5 nitrogen and oxygen atoms in total. The van der Waals surface area contributed by atoms with Crippen molar-refractivity contribution in [2.45, 2.75) is 45.8 Å². The molecule has 1 aliphatic rings. The van der Waals surface area contributed by atoms with E-state index in [0.29, 0.717) is 12.6 Å². The predicted octanol–water partition coefficient (Wildman–Crippen LogP) is 1.12. The molecular formula is C12H21BN2O3. The molecule has 0 unspecified atom stereocenters. The van der Waals surface area contributed by atoms with E-state index in [0.717, 1.165) is 5.59 Å². The fourth-order valence-electron chi connectivity index (χ4n) is 1.85. The Hall–Kier alpha value is -1.01. The number of ether oxygens (including phenoxy) is 1. The van der Waals surface area contributed by atoms with E-state index in [-0.39, 0.29) is 11.2 Å². The van der Waals surface area contributed by atoms with Gasteiger partial charge in [0.15, 0.2) is 0 Å². The average Bonchev–Trinajstić information content (AvgIpc) is 2.68. The average molecular weight is 252 g/mol. The van der Waals surface area contributed by atoms with Crippen LogP contribution in [0.4, 0.5) is 0 Å². The van der Waals surface area contributed by atoms with Gasteiger partial charge in [-0.2, -0.15) is 0 Å². The van der Waals surface area contributed by atoms with Crippen LogP contribution in [-0.4, -0.2) is 34.5 Å². The van der Waals surface area contributed by atoms with E-state index < -0.39 is 7.12 Å². The van der Waals surface area contributed by atoms with E-state index >= 15 is 0 Å². The van der Waals surface area contributed by atoms with Crippen molar-refractivity contribution in [2.75, 3.05) is 6.61 Å². The fourth-order valence-corrected chi connectivity index (χ4v) is 1.85. The molecule has 0 spiro atoms. The summed E-state index contributed by atoms with van der Waals surface area (Å²) in [6.45, 7) is 10.7. The third kappa shape index (κ3) is 2.03. The van der Waals surface area contributed by atoms with Gasteiger partial charge in [0.25, 0.3) is 6.01 Å². The highest BCUT2D eigenvalue weighted by molar-refractivity contribution is 6.61. The second kappa shape index (κ2) is 4.28. The first-order chi connectivity index (χ1) is 8.28. The number of nitrogens with zero attached hydrogens (tertiary/aromatic N) is 2. The molecule has 1 aromatic heterocycles. The van der Waals surface area contributed by atoms with Gasteiger partial charge >= 0.3 is 7.12 Å². The molecule has 1 saturated heterocycles. The van der Waals surface area contributed by atoms with E-state index in [1.807, 2.05) is 46.2 Å². The molecule has 0 aliphatic carbocycles. The fraction of sp³-hybridized carbons (Fsp3) is 0.750. The summed E-state index contributed by atoms with van der Waals surface area (Å²) < 4.78 is 19.3. The minimum Gasteiger partial charge on any atom is -0.465 e. The monoisotopic (exact) mass is 252 g/mol. The van der Waals surface area contributed by atoms with Crippen molar-refractivity contribution in [3.05, 3.63) is 6.20 Å². The summed E-state index contributed by atoms with van der Waals surface area (Å²) in [5, 5.41) is 0. The first kappa shape index (κ1) is 13.4. The second-order valence-corrected chi connectivity index (χ2v) is 5.55. The van der Waals surface area contributed by atoms with E-state index in [1.54, 1.807) is 6.20 Å². The van der Waals surface area contributed by atoms with Gasteiger partial charge in [-0.25, -0.2) is 4.98 Å². The molecule has 100 valence electrons. The van der Waals surface area contributed by atoms with Gasteiger partial charge in [0, 0.05) is 13.2 Å². The van der Waals surface area contributed by atoms with E-state index in [4.69, 9.17) is 14.0 Å². The van der Waals surface area contributed by atoms with Gasteiger partial charge in [0.1, 0.15) is 0 Å². The summed E-state index contributed by atoms with van der Waals surface area (Å²) in [4.78, 5) is 4.23. The van der Waals surface area contributed by atoms with Crippen molar-refractivity contribution in [3.63, 3.8) is 0 Å². The maximum atomic E-state index is 5.98. The smallest absolute Gasteiger partial charge is 0.465 e. The molecule has 2 heterocycles. The summed E-state index contributed by atoms with van der Waals surface area (Å²) >= 11 is 0. The summed E-state index contributed by atoms with van der Waals surface area (Å²) in [6, 6.07) is 0.585. The number of imidazole rings is 1. The van der Waals surface area contributed by atoms with Gasteiger partial charge in [-0.05, 0) is 34.6 Å². The van der Waals surface area contributed by atoms with E-state index in [2.05, 4.69) is 4.98 Å². The summed E-state index contributed by atoms with van der Waals surface area (Å²) in [5.74, 6) is 0. The van der Waals surface area contributed by atoms with Crippen LogP contribution >= 0.6 is 0 Å². The molecule has 6 heteroatoms. The maximum absolute atomic E-state index is 5.98. The van der Waals surface area contributed by atoms with E-state index in [9.17, 15) is 0 Å². The van der Waals surface area contributed by atoms with Gasteiger partial charge < -0.3 is 18.6 Å². The van der Waals surface area contributed by atoms with Gasteiger partial charge in [0.05, 0.1) is 23.4 Å². The largest absolute Gasteiger partial charge is 0.514 e. The van der Waals surface area contributed by atoms with Crippen LogP contribution < -0.4 is 10.3 Å². The molecule has 0 atom stereocenters. The summed E-state index contributed by atoms with van der Waals surface area (Å²) in [5.41, 5.74) is 0.193. The predicted molar refractivity (Wildman–Crippen MR) is 70.1 cm³/mol. The molecule has 2 rings (SSSR count). The summed E-state index contributed by atoms with van der Waals surface area (Å²) in [7, 11) is 1.50. The zero-order chi connectivity index (χ0) is 13.6. The third-order valence-corrected chi connectivity index (χ3v) is 3.75. The van der Waals surface area contributed by atoms with Gasteiger partial charge in [0.2, 0.25) is 0 Å². The lowest BCUT2D eigenvalue weighted by Crippen LogP contribution is -2.41. The van der Waals surface area contributed by atoms with Gasteiger partial charge in [-0.3, -0.25) is 0 Å². The van der Waals surface area contributed by atoms with Gasteiger partial charge in [-0.1, -0.05) is 0 Å². The van der Waals surface area contributed by atoms with Crippen LogP contribution in [0, 0.1) is 0 Å². The molecule has 1 aliphatic heterocycles. The van der Waals surface area contributed by atoms with Crippen LogP contribution in [0.3, 0.4) is 0 Å². The molecule has 1 fully saturated rings. The normalized spacial score (nSPS) is 21.3. The molecule has 0 saturated carbocycles. The zero-order valence-electron chi connectivity index (χ0n) is 12.0. The molecule has 1 aromatic rings. The second-order valence-electron chi connectivity index (χ2n) is 5.55. The third-order valence-electron chi connectivity index (χ3n) is 3.75. The Morgan fingerprint density at radius 3 is 2.33 bits per heavy atom. The Balaban J connectivity index is 2.25. The van der Waals surface area contributed by atoms with Crippen LogP contribution in [0.25, 0.3) is 0 Å². The minimum atomic E-state index is -0.401. The highest BCUT2D eigenvalue weighted by atomic mass is 16.7. The van der Waals surface area contributed by atoms with Crippen LogP contribution in [0.1, 0.15) is 34.6 Å². The van der Waals surface area contributed by atoms with Crippen molar-refractivity contribution < 1.29 is 14.0 Å². The Morgan fingerprint density at radius 2 is 1.83 bits per heavy atom. The molecule has 18 heavy (non-hydrogen) atoms. The molecule has 0 radical (unpaired) electrons. The van der Waals surface area contributed by atoms with Crippen LogP contribution in [0.15, 0.2) is 6.20 Å². The molecule has 0 bridgehead atoms. The Bertz CT molecular complexity index is 427. The number of hydrogen-bond acceptors (Lipinski definition) is 4. The highest BCUT2D eigenvalue weighted by Crippen LogP contribution is 2.36. The van der Waals surface area contributed by atoms with Crippen molar-refractivity contribution in [2.24, 2.45) is 7.05 Å². The zero-order valence-corrected chi connectivity index (χ0v) is 12.0. The van der Waals surface area contributed by atoms with Crippen LogP contribution in [0.2, 0.25) is 0 Å². The topological polar surface area (TPSA) is 45.5 Å². The quantitative estimate of drug-likeness (QED) is 0.756. The van der Waals surface area contributed by atoms with Crippen LogP contribution in [0.5, 0.6) is 6.01 Å². The lowest BCUT2D eigenvalue weighted by molar-refractivity contribution is 0.00578. The number of rotatable bonds is 3. The lowest BCUT2D eigenvalue weighted by atomic mass is 9.85. The SMILES string of the molecule is CCOc1ncc(B2OC(C)(C)C(C)(C)O2)n1C. The molecule has 0 N–H and O–H groups in total. The van der Waals surface area contributed by atoms with Gasteiger partial charge in [-0.15, -0.1) is 0 Å². The standard InChI is InChI=1S/C12H21BN2O3/c1-7-16-10-14-8-9(15(10)6)13-17-11(2,3)12(4,5)18-13/h8H,7H2,1-6H3. The van der Waals surface area contributed by atoms with Crippen LogP contribution in [-0.2, 0) is 16.4 Å². The lowest BCUT2D eigenvalue weighted by Gasteiger charge is -2.32. The van der Waals surface area contributed by atoms with E-state index in [1.165, 1.54) is 0 Å². The number of aromatic nitrogens is 2. The number of hydrogen-bond donors (Lipinski definition) is 0. The Kier molecular flexibility index (Phi) is 3.19. The van der Waals surface area contributed by atoms with Crippen molar-refractivity contribution in [3.8, 4) is 6.01 Å².